The molecule has 20 heavy (non-hydrogen) atoms. The standard InChI is InChI=1S/C15H22FN3O/c1-9(2)5-6-19(10-3-4-10)14-7-11(15(18)20)13(17)8-12(14)16/h7-10H,3-6,17H2,1-2H3,(H2,18,20). The van der Waals surface area contributed by atoms with Crippen molar-refractivity contribution >= 4 is 17.3 Å². The van der Waals surface area contributed by atoms with Crippen LogP contribution < -0.4 is 16.4 Å². The van der Waals surface area contributed by atoms with E-state index < -0.39 is 5.91 Å². The minimum Gasteiger partial charge on any atom is -0.398 e. The van der Waals surface area contributed by atoms with Crippen LogP contribution in [0.2, 0.25) is 0 Å². The minimum atomic E-state index is -0.622. The second kappa shape index (κ2) is 5.69. The number of hydrogen-bond acceptors (Lipinski definition) is 3. The number of amides is 1. The van der Waals surface area contributed by atoms with Gasteiger partial charge < -0.3 is 16.4 Å². The third-order valence-corrected chi connectivity index (χ3v) is 3.63. The molecule has 5 heteroatoms. The number of hydrogen-bond donors (Lipinski definition) is 2. The van der Waals surface area contributed by atoms with E-state index in [9.17, 15) is 9.18 Å². The number of carbonyl (C=O) groups is 1. The summed E-state index contributed by atoms with van der Waals surface area (Å²) in [6.07, 6.45) is 3.11. The molecule has 1 aliphatic carbocycles. The minimum absolute atomic E-state index is 0.0957. The van der Waals surface area contributed by atoms with Crippen LogP contribution in [0.25, 0.3) is 0 Å². The van der Waals surface area contributed by atoms with Gasteiger partial charge in [-0.2, -0.15) is 0 Å². The quantitative estimate of drug-likeness (QED) is 0.786. The van der Waals surface area contributed by atoms with Gasteiger partial charge in [0.25, 0.3) is 5.91 Å². The van der Waals surface area contributed by atoms with Crippen molar-refractivity contribution in [1.29, 1.82) is 0 Å². The third kappa shape index (κ3) is 3.21. The first-order valence-electron chi connectivity index (χ1n) is 7.05. The third-order valence-electron chi connectivity index (χ3n) is 3.63. The fourth-order valence-corrected chi connectivity index (χ4v) is 2.29. The first-order valence-corrected chi connectivity index (χ1v) is 7.05. The van der Waals surface area contributed by atoms with E-state index in [4.69, 9.17) is 11.5 Å². The van der Waals surface area contributed by atoms with E-state index in [0.29, 0.717) is 17.6 Å². The van der Waals surface area contributed by atoms with Gasteiger partial charge in [-0.15, -0.1) is 0 Å². The van der Waals surface area contributed by atoms with Crippen molar-refractivity contribution in [3.05, 3.63) is 23.5 Å². The first-order chi connectivity index (χ1) is 9.40. The monoisotopic (exact) mass is 279 g/mol. The molecule has 2 rings (SSSR count). The van der Waals surface area contributed by atoms with Crippen LogP contribution in [0.15, 0.2) is 12.1 Å². The molecule has 0 aromatic heterocycles. The maximum absolute atomic E-state index is 14.2. The second-order valence-corrected chi connectivity index (χ2v) is 5.86. The number of rotatable bonds is 6. The summed E-state index contributed by atoms with van der Waals surface area (Å²) in [7, 11) is 0. The summed E-state index contributed by atoms with van der Waals surface area (Å²) in [6, 6.07) is 3.05. The predicted molar refractivity (Wildman–Crippen MR) is 79.2 cm³/mol. The van der Waals surface area contributed by atoms with Gasteiger partial charge >= 0.3 is 0 Å². The molecule has 1 saturated carbocycles. The van der Waals surface area contributed by atoms with Crippen LogP contribution in [0.4, 0.5) is 15.8 Å². The Kier molecular flexibility index (Phi) is 4.16. The lowest BCUT2D eigenvalue weighted by atomic mass is 10.1. The number of nitrogens with two attached hydrogens (primary N) is 2. The molecule has 4 N–H and O–H groups in total. The van der Waals surface area contributed by atoms with Gasteiger partial charge in [-0.25, -0.2) is 4.39 Å². The van der Waals surface area contributed by atoms with Crippen molar-refractivity contribution in [1.82, 2.24) is 0 Å². The average Bonchev–Trinajstić information content (AvgIpc) is 3.15. The molecule has 0 radical (unpaired) electrons. The lowest BCUT2D eigenvalue weighted by Crippen LogP contribution is -2.29. The Morgan fingerprint density at radius 2 is 2.10 bits per heavy atom. The molecule has 0 heterocycles. The van der Waals surface area contributed by atoms with Crippen LogP contribution in [-0.4, -0.2) is 18.5 Å². The number of primary amides is 1. The van der Waals surface area contributed by atoms with Gasteiger partial charge in [-0.1, -0.05) is 13.8 Å². The zero-order chi connectivity index (χ0) is 14.9. The molecule has 0 unspecified atom stereocenters. The highest BCUT2D eigenvalue weighted by Crippen LogP contribution is 2.35. The first kappa shape index (κ1) is 14.6. The van der Waals surface area contributed by atoms with Crippen LogP contribution in [0.3, 0.4) is 0 Å². The number of nitrogen functional groups attached to an aromatic ring is 1. The van der Waals surface area contributed by atoms with Crippen molar-refractivity contribution in [2.75, 3.05) is 17.2 Å². The highest BCUT2D eigenvalue weighted by atomic mass is 19.1. The van der Waals surface area contributed by atoms with E-state index in [2.05, 4.69) is 13.8 Å². The summed E-state index contributed by atoms with van der Waals surface area (Å²) >= 11 is 0. The van der Waals surface area contributed by atoms with E-state index >= 15 is 0 Å². The van der Waals surface area contributed by atoms with Crippen LogP contribution in [0.5, 0.6) is 0 Å². The maximum Gasteiger partial charge on any atom is 0.250 e. The molecule has 0 atom stereocenters. The highest BCUT2D eigenvalue weighted by molar-refractivity contribution is 5.99. The topological polar surface area (TPSA) is 72.3 Å². The Morgan fingerprint density at radius 1 is 1.45 bits per heavy atom. The molecule has 1 fully saturated rings. The van der Waals surface area contributed by atoms with E-state index in [0.717, 1.165) is 25.8 Å². The molecule has 110 valence electrons. The summed E-state index contributed by atoms with van der Waals surface area (Å²) in [4.78, 5) is 13.4. The van der Waals surface area contributed by atoms with Crippen molar-refractivity contribution in [2.45, 2.75) is 39.2 Å². The molecular weight excluding hydrogens is 257 g/mol. The van der Waals surface area contributed by atoms with Gasteiger partial charge in [-0.05, 0) is 37.3 Å². The molecule has 1 aromatic rings. The summed E-state index contributed by atoms with van der Waals surface area (Å²) < 4.78 is 14.2. The number of nitrogens with zero attached hydrogens (tertiary/aromatic N) is 1. The molecule has 0 bridgehead atoms. The average molecular weight is 279 g/mol. The summed E-state index contributed by atoms with van der Waals surface area (Å²) in [5.74, 6) is -0.463. The van der Waals surface area contributed by atoms with Crippen LogP contribution in [0, 0.1) is 11.7 Å². The van der Waals surface area contributed by atoms with Gasteiger partial charge in [0.2, 0.25) is 0 Å². The Morgan fingerprint density at radius 3 is 2.60 bits per heavy atom. The van der Waals surface area contributed by atoms with Crippen molar-refractivity contribution < 1.29 is 9.18 Å². The smallest absolute Gasteiger partial charge is 0.250 e. The predicted octanol–water partition coefficient (Wildman–Crippen LogP) is 2.52. The van der Waals surface area contributed by atoms with Gasteiger partial charge in [0.05, 0.1) is 11.3 Å². The molecule has 0 aliphatic heterocycles. The molecule has 0 saturated heterocycles. The molecule has 1 aliphatic rings. The normalized spacial score (nSPS) is 14.6. The molecule has 1 aromatic carbocycles. The van der Waals surface area contributed by atoms with E-state index in [1.54, 1.807) is 0 Å². The summed E-state index contributed by atoms with van der Waals surface area (Å²) in [6.45, 7) is 5.06. The van der Waals surface area contributed by atoms with Gasteiger partial charge in [-0.3, -0.25) is 4.79 Å². The fourth-order valence-electron chi connectivity index (χ4n) is 2.29. The number of benzene rings is 1. The van der Waals surface area contributed by atoms with Gasteiger partial charge in [0.15, 0.2) is 0 Å². The number of halogens is 1. The second-order valence-electron chi connectivity index (χ2n) is 5.86. The van der Waals surface area contributed by atoms with Gasteiger partial charge in [0.1, 0.15) is 5.82 Å². The largest absolute Gasteiger partial charge is 0.398 e. The Hall–Kier alpha value is -1.78. The molecule has 0 spiro atoms. The molecular formula is C15H22FN3O. The van der Waals surface area contributed by atoms with Crippen LogP contribution >= 0.6 is 0 Å². The molecule has 1 amide bonds. The molecule has 4 nitrogen and oxygen atoms in total. The van der Waals surface area contributed by atoms with E-state index in [1.165, 1.54) is 12.1 Å². The van der Waals surface area contributed by atoms with Crippen molar-refractivity contribution in [3.8, 4) is 0 Å². The Labute approximate surface area is 118 Å². The van der Waals surface area contributed by atoms with E-state index in [1.807, 2.05) is 4.90 Å². The van der Waals surface area contributed by atoms with E-state index in [-0.39, 0.29) is 17.1 Å². The van der Waals surface area contributed by atoms with Gasteiger partial charge in [0, 0.05) is 18.3 Å². The maximum atomic E-state index is 14.2. The number of anilines is 2. The lowest BCUT2D eigenvalue weighted by Gasteiger charge is -2.26. The van der Waals surface area contributed by atoms with Crippen molar-refractivity contribution in [2.24, 2.45) is 11.7 Å². The number of carbonyl (C=O) groups excluding carboxylic acids is 1. The zero-order valence-electron chi connectivity index (χ0n) is 12.0. The van der Waals surface area contributed by atoms with Crippen molar-refractivity contribution in [3.63, 3.8) is 0 Å². The Balaban J connectivity index is 2.32. The lowest BCUT2D eigenvalue weighted by molar-refractivity contribution is 0.100. The summed E-state index contributed by atoms with van der Waals surface area (Å²) in [5.41, 5.74) is 11.7. The Bertz CT molecular complexity index is 512. The van der Waals surface area contributed by atoms with Crippen LogP contribution in [0.1, 0.15) is 43.5 Å². The fraction of sp³-hybridized carbons (Fsp3) is 0.533. The van der Waals surface area contributed by atoms with Crippen LogP contribution in [-0.2, 0) is 0 Å². The zero-order valence-corrected chi connectivity index (χ0v) is 12.0. The highest BCUT2D eigenvalue weighted by Gasteiger charge is 2.31. The summed E-state index contributed by atoms with van der Waals surface area (Å²) in [5, 5.41) is 0. The SMILES string of the molecule is CC(C)CCN(c1cc(C(N)=O)c(N)cc1F)C1CC1.